The van der Waals surface area contributed by atoms with Crippen molar-refractivity contribution in [1.29, 1.82) is 5.26 Å². The predicted molar refractivity (Wildman–Crippen MR) is 48.4 cm³/mol. The molecule has 0 spiro atoms. The van der Waals surface area contributed by atoms with E-state index in [1.165, 1.54) is 0 Å². The van der Waals surface area contributed by atoms with Crippen LogP contribution in [0.3, 0.4) is 0 Å². The average molecular weight is 221 g/mol. The van der Waals surface area contributed by atoms with Crippen LogP contribution < -0.4 is 5.43 Å². The zero-order chi connectivity index (χ0) is 8.55. The standard InChI is InChI=1S/C8H3BrN3/c9-8-6-3-5(4-10)1-2-7(6)11-12-8/h1-3H. The van der Waals surface area contributed by atoms with Gasteiger partial charge in [0, 0.05) is 5.56 Å². The van der Waals surface area contributed by atoms with Gasteiger partial charge in [0.1, 0.15) is 4.62 Å². The summed E-state index contributed by atoms with van der Waals surface area (Å²) in [5.41, 5.74) is 6.20. The van der Waals surface area contributed by atoms with E-state index < -0.39 is 0 Å². The molecule has 12 heavy (non-hydrogen) atoms. The van der Waals surface area contributed by atoms with Gasteiger partial charge in [0.15, 0.2) is 0 Å². The van der Waals surface area contributed by atoms with Gasteiger partial charge in [0.2, 0.25) is 0 Å². The molecule has 0 saturated heterocycles. The number of halogens is 1. The monoisotopic (exact) mass is 220 g/mol. The first-order valence-electron chi connectivity index (χ1n) is 3.30. The molecule has 2 rings (SSSR count). The second-order valence-electron chi connectivity index (χ2n) is 2.33. The number of nitrogens with zero attached hydrogens (tertiary/aromatic N) is 3. The van der Waals surface area contributed by atoms with Crippen molar-refractivity contribution < 1.29 is 0 Å². The molecule has 1 aliphatic heterocycles. The Morgan fingerprint density at radius 3 is 3.00 bits per heavy atom. The van der Waals surface area contributed by atoms with Crippen LogP contribution in [0.15, 0.2) is 23.3 Å². The number of fused-ring (bicyclic) bond motifs is 1. The third-order valence-electron chi connectivity index (χ3n) is 1.59. The van der Waals surface area contributed by atoms with Crippen molar-refractivity contribution in [2.24, 2.45) is 5.10 Å². The highest BCUT2D eigenvalue weighted by Crippen LogP contribution is 2.25. The maximum atomic E-state index is 8.62. The zero-order valence-electron chi connectivity index (χ0n) is 5.95. The van der Waals surface area contributed by atoms with Gasteiger partial charge in [-0.1, -0.05) is 0 Å². The van der Waals surface area contributed by atoms with E-state index in [1.54, 1.807) is 18.2 Å². The first-order chi connectivity index (χ1) is 5.81. The normalized spacial score (nSPS) is 12.8. The molecule has 0 atom stereocenters. The maximum Gasteiger partial charge on any atom is 0.138 e. The van der Waals surface area contributed by atoms with Crippen LogP contribution >= 0.6 is 15.9 Å². The summed E-state index contributed by atoms with van der Waals surface area (Å²) in [5.74, 6) is 0. The Morgan fingerprint density at radius 2 is 2.25 bits per heavy atom. The molecule has 0 amide bonds. The lowest BCUT2D eigenvalue weighted by Gasteiger charge is -1.95. The molecule has 3 nitrogen and oxygen atoms in total. The van der Waals surface area contributed by atoms with Gasteiger partial charge in [0.05, 0.1) is 17.3 Å². The number of hydrogen-bond donors (Lipinski definition) is 0. The number of hydrogen-bond acceptors (Lipinski definition) is 2. The molecular formula is C8H3BrN3. The summed E-state index contributed by atoms with van der Waals surface area (Å²) in [6, 6.07) is 7.33. The fourth-order valence-electron chi connectivity index (χ4n) is 1.01. The van der Waals surface area contributed by atoms with Gasteiger partial charge in [-0.2, -0.15) is 5.26 Å². The first kappa shape index (κ1) is 7.32. The van der Waals surface area contributed by atoms with E-state index in [0.29, 0.717) is 10.2 Å². The molecule has 1 aromatic rings. The van der Waals surface area contributed by atoms with Crippen LogP contribution in [0.1, 0.15) is 11.1 Å². The molecule has 0 saturated carbocycles. The zero-order valence-corrected chi connectivity index (χ0v) is 7.54. The topological polar surface area (TPSA) is 50.2 Å². The van der Waals surface area contributed by atoms with Crippen molar-refractivity contribution in [1.82, 2.24) is 5.43 Å². The molecule has 57 valence electrons. The van der Waals surface area contributed by atoms with Gasteiger partial charge in [-0.3, -0.25) is 0 Å². The van der Waals surface area contributed by atoms with E-state index >= 15 is 0 Å². The molecule has 0 unspecified atom stereocenters. The number of rotatable bonds is 0. The first-order valence-corrected chi connectivity index (χ1v) is 4.09. The predicted octanol–water partition coefficient (Wildman–Crippen LogP) is 1.86. The van der Waals surface area contributed by atoms with E-state index in [0.717, 1.165) is 11.3 Å². The van der Waals surface area contributed by atoms with E-state index in [4.69, 9.17) is 5.26 Å². The second kappa shape index (κ2) is 2.61. The smallest absolute Gasteiger partial charge is 0.138 e. The highest BCUT2D eigenvalue weighted by Gasteiger charge is 2.14. The summed E-state index contributed by atoms with van der Waals surface area (Å²) >= 11 is 3.25. The SMILES string of the molecule is N#Cc1ccc2c(c1)C(Br)=N[N]2. The Bertz CT molecular complexity index is 403. The molecular weight excluding hydrogens is 218 g/mol. The van der Waals surface area contributed by atoms with Crippen LogP contribution in [0.2, 0.25) is 0 Å². The average Bonchev–Trinajstić information content (AvgIpc) is 2.47. The van der Waals surface area contributed by atoms with E-state index in [1.807, 2.05) is 0 Å². The van der Waals surface area contributed by atoms with Crippen molar-refractivity contribution >= 4 is 26.2 Å². The summed E-state index contributed by atoms with van der Waals surface area (Å²) in [6.45, 7) is 0. The fraction of sp³-hybridized carbons (Fsp3) is 0. The van der Waals surface area contributed by atoms with Gasteiger partial charge < -0.3 is 0 Å². The van der Waals surface area contributed by atoms with Crippen LogP contribution in [0.5, 0.6) is 0 Å². The molecule has 0 N–H and O–H groups in total. The largest absolute Gasteiger partial charge is 0.192 e. The summed E-state index contributed by atoms with van der Waals surface area (Å²) in [7, 11) is 0. The Balaban J connectivity index is 2.59. The summed E-state index contributed by atoms with van der Waals surface area (Å²) in [6.07, 6.45) is 0. The van der Waals surface area contributed by atoms with Gasteiger partial charge >= 0.3 is 0 Å². The quantitative estimate of drug-likeness (QED) is 0.659. The maximum absolute atomic E-state index is 8.62. The minimum absolute atomic E-state index is 0.623. The van der Waals surface area contributed by atoms with E-state index in [2.05, 4.69) is 32.5 Å². The van der Waals surface area contributed by atoms with Gasteiger partial charge in [-0.05, 0) is 34.1 Å². The Kier molecular flexibility index (Phi) is 1.59. The van der Waals surface area contributed by atoms with Crippen LogP contribution in [-0.2, 0) is 0 Å². The van der Waals surface area contributed by atoms with Crippen LogP contribution in [0.25, 0.3) is 0 Å². The van der Waals surface area contributed by atoms with Gasteiger partial charge in [0.25, 0.3) is 0 Å². The molecule has 1 radical (unpaired) electrons. The molecule has 1 heterocycles. The minimum Gasteiger partial charge on any atom is -0.192 e. The van der Waals surface area contributed by atoms with Crippen LogP contribution in [0, 0.1) is 11.3 Å². The number of benzene rings is 1. The Labute approximate surface area is 77.8 Å². The third-order valence-corrected chi connectivity index (χ3v) is 2.18. The van der Waals surface area contributed by atoms with Crippen molar-refractivity contribution in [3.63, 3.8) is 0 Å². The third kappa shape index (κ3) is 0.990. The van der Waals surface area contributed by atoms with Crippen molar-refractivity contribution in [3.05, 3.63) is 29.3 Å². The summed E-state index contributed by atoms with van der Waals surface area (Å²) in [4.78, 5) is 0. The lowest BCUT2D eigenvalue weighted by Crippen LogP contribution is -1.86. The summed E-state index contributed by atoms with van der Waals surface area (Å²) < 4.78 is 0.689. The van der Waals surface area contributed by atoms with Crippen molar-refractivity contribution in [3.8, 4) is 6.07 Å². The molecule has 1 aliphatic rings. The summed E-state index contributed by atoms with van der Waals surface area (Å²) in [5, 5.41) is 12.4. The Morgan fingerprint density at radius 1 is 1.42 bits per heavy atom. The Hall–Kier alpha value is -1.34. The molecule has 0 fully saturated rings. The van der Waals surface area contributed by atoms with E-state index in [-0.39, 0.29) is 0 Å². The van der Waals surface area contributed by atoms with E-state index in [9.17, 15) is 0 Å². The van der Waals surface area contributed by atoms with Crippen molar-refractivity contribution in [2.45, 2.75) is 0 Å². The highest BCUT2D eigenvalue weighted by atomic mass is 79.9. The van der Waals surface area contributed by atoms with Crippen molar-refractivity contribution in [2.75, 3.05) is 0 Å². The van der Waals surface area contributed by atoms with Crippen LogP contribution in [0.4, 0.5) is 5.69 Å². The molecule has 1 aromatic carbocycles. The molecule has 0 aliphatic carbocycles. The van der Waals surface area contributed by atoms with Crippen LogP contribution in [-0.4, -0.2) is 4.62 Å². The van der Waals surface area contributed by atoms with Gasteiger partial charge in [-0.25, -0.2) is 0 Å². The van der Waals surface area contributed by atoms with Gasteiger partial charge in [-0.15, -0.1) is 10.5 Å². The highest BCUT2D eigenvalue weighted by molar-refractivity contribution is 9.18. The molecule has 4 heteroatoms. The fourth-order valence-corrected chi connectivity index (χ4v) is 1.41. The number of nitriles is 1. The lowest BCUT2D eigenvalue weighted by atomic mass is 10.1. The lowest BCUT2D eigenvalue weighted by molar-refractivity contribution is 0.990. The second-order valence-corrected chi connectivity index (χ2v) is 3.09. The minimum atomic E-state index is 0.623. The molecule has 0 aromatic heterocycles. The molecule has 0 bridgehead atoms.